The number of aromatic nitrogens is 2. The van der Waals surface area contributed by atoms with E-state index in [9.17, 15) is 14.9 Å². The number of halogens is 1. The van der Waals surface area contributed by atoms with E-state index in [0.717, 1.165) is 5.56 Å². The van der Waals surface area contributed by atoms with Gasteiger partial charge in [-0.1, -0.05) is 11.6 Å². The fraction of sp³-hybridized carbons (Fsp3) is 0.286. The van der Waals surface area contributed by atoms with E-state index in [1.165, 1.54) is 12.1 Å². The van der Waals surface area contributed by atoms with Crippen LogP contribution in [0.1, 0.15) is 17.5 Å². The Labute approximate surface area is 132 Å². The molecule has 0 aliphatic carbocycles. The molecule has 0 fully saturated rings. The van der Waals surface area contributed by atoms with E-state index >= 15 is 0 Å². The fourth-order valence-electron chi connectivity index (χ4n) is 2.01. The summed E-state index contributed by atoms with van der Waals surface area (Å²) in [6.45, 7) is 1.73. The van der Waals surface area contributed by atoms with E-state index in [0.29, 0.717) is 17.7 Å². The number of nitrogens with zero attached hydrogens (tertiary/aromatic N) is 3. The van der Waals surface area contributed by atoms with Crippen LogP contribution in [0.2, 0.25) is 5.02 Å². The molecule has 2 aromatic rings. The molecular formula is C14H15ClN4O3. The van der Waals surface area contributed by atoms with Crippen molar-refractivity contribution in [2.24, 2.45) is 7.05 Å². The first-order valence-electron chi connectivity index (χ1n) is 6.58. The minimum Gasteiger partial charge on any atom is -0.326 e. The molecule has 2 rings (SSSR count). The number of nitrogens with one attached hydrogen (secondary N) is 1. The Morgan fingerprint density at radius 1 is 1.50 bits per heavy atom. The number of hydrogen-bond acceptors (Lipinski definition) is 4. The summed E-state index contributed by atoms with van der Waals surface area (Å²) < 4.78 is 1.67. The van der Waals surface area contributed by atoms with Crippen LogP contribution < -0.4 is 5.32 Å². The van der Waals surface area contributed by atoms with Gasteiger partial charge in [-0.3, -0.25) is 19.6 Å². The molecule has 116 valence electrons. The molecule has 7 nitrogen and oxygen atoms in total. The van der Waals surface area contributed by atoms with Crippen LogP contribution in [0.25, 0.3) is 0 Å². The number of amides is 1. The van der Waals surface area contributed by atoms with Crippen LogP contribution in [0.4, 0.5) is 11.4 Å². The predicted molar refractivity (Wildman–Crippen MR) is 83.0 cm³/mol. The minimum absolute atomic E-state index is 0.0517. The van der Waals surface area contributed by atoms with Gasteiger partial charge in [0.2, 0.25) is 5.91 Å². The smallest absolute Gasteiger partial charge is 0.289 e. The molecule has 1 aromatic heterocycles. The van der Waals surface area contributed by atoms with Crippen LogP contribution in [-0.2, 0) is 18.3 Å². The lowest BCUT2D eigenvalue weighted by molar-refractivity contribution is -0.384. The Kier molecular flexibility index (Phi) is 4.77. The van der Waals surface area contributed by atoms with Gasteiger partial charge in [0.15, 0.2) is 0 Å². The third kappa shape index (κ3) is 3.82. The molecule has 0 saturated heterocycles. The molecule has 0 spiro atoms. The topological polar surface area (TPSA) is 90.1 Å². The van der Waals surface area contributed by atoms with Gasteiger partial charge in [0, 0.05) is 25.7 Å². The number of benzene rings is 1. The molecule has 1 heterocycles. The van der Waals surface area contributed by atoms with Crippen molar-refractivity contribution >= 4 is 28.9 Å². The second-order valence-electron chi connectivity index (χ2n) is 4.95. The number of rotatable bonds is 5. The van der Waals surface area contributed by atoms with E-state index in [1.807, 2.05) is 6.20 Å². The van der Waals surface area contributed by atoms with E-state index < -0.39 is 4.92 Å². The second kappa shape index (κ2) is 6.57. The maximum atomic E-state index is 12.0. The molecule has 0 bridgehead atoms. The quantitative estimate of drug-likeness (QED) is 0.677. The summed E-state index contributed by atoms with van der Waals surface area (Å²) in [6, 6.07) is 2.75. The van der Waals surface area contributed by atoms with Gasteiger partial charge in [-0.25, -0.2) is 0 Å². The summed E-state index contributed by atoms with van der Waals surface area (Å²) in [5.41, 5.74) is 1.80. The lowest BCUT2D eigenvalue weighted by Gasteiger charge is -2.09. The van der Waals surface area contributed by atoms with Gasteiger partial charge in [-0.2, -0.15) is 5.10 Å². The van der Waals surface area contributed by atoms with Crippen molar-refractivity contribution in [3.05, 3.63) is 50.8 Å². The van der Waals surface area contributed by atoms with Crippen molar-refractivity contribution in [3.63, 3.8) is 0 Å². The Balaban J connectivity index is 2.04. The van der Waals surface area contributed by atoms with E-state index in [2.05, 4.69) is 10.4 Å². The van der Waals surface area contributed by atoms with Crippen molar-refractivity contribution in [1.29, 1.82) is 0 Å². The molecule has 8 heteroatoms. The third-order valence-corrected chi connectivity index (χ3v) is 3.47. The second-order valence-corrected chi connectivity index (χ2v) is 5.35. The molecule has 1 amide bonds. The summed E-state index contributed by atoms with van der Waals surface area (Å²) in [4.78, 5) is 22.3. The average Bonchev–Trinajstić information content (AvgIpc) is 2.85. The summed E-state index contributed by atoms with van der Waals surface area (Å²) in [7, 11) is 1.81. The number of anilines is 1. The van der Waals surface area contributed by atoms with Crippen molar-refractivity contribution in [2.45, 2.75) is 19.8 Å². The highest BCUT2D eigenvalue weighted by Gasteiger charge is 2.16. The van der Waals surface area contributed by atoms with Crippen molar-refractivity contribution < 1.29 is 9.72 Å². The number of aryl methyl sites for hydroxylation is 3. The van der Waals surface area contributed by atoms with Gasteiger partial charge >= 0.3 is 0 Å². The summed E-state index contributed by atoms with van der Waals surface area (Å²) in [5.74, 6) is -0.219. The fourth-order valence-corrected chi connectivity index (χ4v) is 2.29. The SMILES string of the molecule is Cc1cc(Cl)c([N+](=O)[O-])cc1NC(=O)CCc1cnn(C)c1. The highest BCUT2D eigenvalue weighted by atomic mass is 35.5. The summed E-state index contributed by atoms with van der Waals surface area (Å²) in [5, 5.41) is 17.6. The van der Waals surface area contributed by atoms with Gasteiger partial charge in [0.05, 0.1) is 16.8 Å². The van der Waals surface area contributed by atoms with Gasteiger partial charge in [-0.05, 0) is 30.5 Å². The number of hydrogen-bond donors (Lipinski definition) is 1. The lowest BCUT2D eigenvalue weighted by Crippen LogP contribution is -2.13. The molecule has 0 atom stereocenters. The highest BCUT2D eigenvalue weighted by molar-refractivity contribution is 6.32. The number of nitro groups is 1. The monoisotopic (exact) mass is 322 g/mol. The standard InChI is InChI=1S/C14H15ClN4O3/c1-9-5-11(15)13(19(21)22)6-12(9)17-14(20)4-3-10-7-16-18(2)8-10/h5-8H,3-4H2,1-2H3,(H,17,20). The molecule has 0 saturated carbocycles. The molecule has 0 aliphatic heterocycles. The van der Waals surface area contributed by atoms with Crippen LogP contribution >= 0.6 is 11.6 Å². The minimum atomic E-state index is -0.576. The largest absolute Gasteiger partial charge is 0.326 e. The molecule has 1 aromatic carbocycles. The Morgan fingerprint density at radius 2 is 2.23 bits per heavy atom. The summed E-state index contributed by atoms with van der Waals surface area (Å²) in [6.07, 6.45) is 4.35. The molecule has 1 N–H and O–H groups in total. The van der Waals surface area contributed by atoms with Crippen LogP contribution in [0.5, 0.6) is 0 Å². The summed E-state index contributed by atoms with van der Waals surface area (Å²) >= 11 is 5.81. The Morgan fingerprint density at radius 3 is 2.82 bits per heavy atom. The van der Waals surface area contributed by atoms with E-state index in [1.54, 1.807) is 24.9 Å². The zero-order valence-corrected chi connectivity index (χ0v) is 12.9. The first-order chi connectivity index (χ1) is 10.4. The molecular weight excluding hydrogens is 308 g/mol. The zero-order chi connectivity index (χ0) is 16.3. The van der Waals surface area contributed by atoms with Crippen molar-refractivity contribution in [1.82, 2.24) is 9.78 Å². The normalized spacial score (nSPS) is 10.5. The molecule has 0 aliphatic rings. The van der Waals surface area contributed by atoms with E-state index in [-0.39, 0.29) is 23.0 Å². The van der Waals surface area contributed by atoms with Crippen LogP contribution in [0, 0.1) is 17.0 Å². The van der Waals surface area contributed by atoms with Gasteiger partial charge in [0.1, 0.15) is 5.02 Å². The Hall–Kier alpha value is -2.41. The maximum absolute atomic E-state index is 12.0. The highest BCUT2D eigenvalue weighted by Crippen LogP contribution is 2.30. The maximum Gasteiger partial charge on any atom is 0.289 e. The predicted octanol–water partition coefficient (Wildman–Crippen LogP) is 2.86. The molecule has 0 radical (unpaired) electrons. The lowest BCUT2D eigenvalue weighted by atomic mass is 10.1. The third-order valence-electron chi connectivity index (χ3n) is 3.16. The van der Waals surface area contributed by atoms with Gasteiger partial charge < -0.3 is 5.32 Å². The Bertz CT molecular complexity index is 727. The van der Waals surface area contributed by atoms with Crippen molar-refractivity contribution in [2.75, 3.05) is 5.32 Å². The zero-order valence-electron chi connectivity index (χ0n) is 12.2. The first kappa shape index (κ1) is 16.0. The van der Waals surface area contributed by atoms with Crippen LogP contribution in [0.15, 0.2) is 24.5 Å². The van der Waals surface area contributed by atoms with Gasteiger partial charge in [-0.15, -0.1) is 0 Å². The van der Waals surface area contributed by atoms with Crippen LogP contribution in [-0.4, -0.2) is 20.6 Å². The number of carbonyl (C=O) groups is 1. The van der Waals surface area contributed by atoms with Crippen LogP contribution in [0.3, 0.4) is 0 Å². The van der Waals surface area contributed by atoms with Crippen molar-refractivity contribution in [3.8, 4) is 0 Å². The molecule has 0 unspecified atom stereocenters. The molecule has 22 heavy (non-hydrogen) atoms. The first-order valence-corrected chi connectivity index (χ1v) is 6.96. The average molecular weight is 323 g/mol. The number of carbonyl (C=O) groups excluding carboxylic acids is 1. The van der Waals surface area contributed by atoms with E-state index in [4.69, 9.17) is 11.6 Å². The van der Waals surface area contributed by atoms with Gasteiger partial charge in [0.25, 0.3) is 5.69 Å². The number of nitro benzene ring substituents is 1.